The molecule has 0 amide bonds. The summed E-state index contributed by atoms with van der Waals surface area (Å²) in [5.74, 6) is 0.206. The lowest BCUT2D eigenvalue weighted by atomic mass is 9.82. The van der Waals surface area contributed by atoms with Crippen molar-refractivity contribution in [2.24, 2.45) is 0 Å². The Morgan fingerprint density at radius 1 is 0.321 bits per heavy atom. The second-order valence-electron chi connectivity index (χ2n) is 21.4. The molecule has 14 aromatic rings. The molecule has 4 heterocycles. The first-order chi connectivity index (χ1) is 40.2. The maximum Gasteiger partial charge on any atom is 0.0715 e. The number of hydrogen-bond acceptors (Lipinski definition) is 2. The van der Waals surface area contributed by atoms with Gasteiger partial charge >= 0.3 is 0 Å². The standard InChI is InChI=1S/C77H52N4/c1-4-28-58(29-5-1)79-72-43-13-10-34-64(72)67-40-19-37-61(75(67)79)52-23-16-22-51(46-52)57-49-70(55-26-17-24-53(47-55)62-38-20-41-68-65-35-11-14-44-73(65)80(76(62)68)59-30-6-2-7-31-59)78-71(50-57)56-27-18-25-54(48-56)63-39-21-42-69-66-36-12-15-45-74(66)81(77(63)69)60-32-8-3-9-33-60/h1-50,68,76H. The summed E-state index contributed by atoms with van der Waals surface area (Å²) in [5.41, 5.74) is 24.0. The number of allylic oxidation sites excluding steroid dienone is 2. The van der Waals surface area contributed by atoms with E-state index in [4.69, 9.17) is 4.98 Å². The van der Waals surface area contributed by atoms with Gasteiger partial charge in [0.2, 0.25) is 0 Å². The van der Waals surface area contributed by atoms with Gasteiger partial charge in [0.05, 0.1) is 39.5 Å². The molecule has 2 atom stereocenters. The summed E-state index contributed by atoms with van der Waals surface area (Å²) in [7, 11) is 0. The van der Waals surface area contributed by atoms with Gasteiger partial charge in [-0.15, -0.1) is 0 Å². The van der Waals surface area contributed by atoms with Crippen molar-refractivity contribution in [1.29, 1.82) is 0 Å². The minimum Gasteiger partial charge on any atom is -0.333 e. The third kappa shape index (κ3) is 7.71. The van der Waals surface area contributed by atoms with Crippen LogP contribution in [0.4, 0.5) is 11.4 Å². The molecule has 0 saturated carbocycles. The highest BCUT2D eigenvalue weighted by Crippen LogP contribution is 2.52. The molecule has 0 spiro atoms. The number of hydrogen-bond donors (Lipinski definition) is 0. The fraction of sp³-hybridized carbons (Fsp3) is 0.0260. The van der Waals surface area contributed by atoms with Crippen LogP contribution in [-0.4, -0.2) is 20.2 Å². The summed E-state index contributed by atoms with van der Waals surface area (Å²) in [6, 6.07) is 104. The van der Waals surface area contributed by atoms with E-state index in [1.807, 2.05) is 0 Å². The van der Waals surface area contributed by atoms with Gasteiger partial charge in [-0.1, -0.05) is 218 Å². The maximum absolute atomic E-state index is 5.68. The summed E-state index contributed by atoms with van der Waals surface area (Å²) >= 11 is 0. The van der Waals surface area contributed by atoms with Crippen LogP contribution in [0.3, 0.4) is 0 Å². The van der Waals surface area contributed by atoms with Gasteiger partial charge < -0.3 is 14.0 Å². The quantitative estimate of drug-likeness (QED) is 0.144. The predicted molar refractivity (Wildman–Crippen MR) is 339 cm³/mol. The van der Waals surface area contributed by atoms with E-state index in [9.17, 15) is 0 Å². The number of para-hydroxylation sites is 8. The monoisotopic (exact) mass is 1030 g/mol. The largest absolute Gasteiger partial charge is 0.333 e. The van der Waals surface area contributed by atoms with Crippen molar-refractivity contribution < 1.29 is 0 Å². The van der Waals surface area contributed by atoms with E-state index < -0.39 is 0 Å². The molecule has 1 aliphatic carbocycles. The molecule has 0 radical (unpaired) electrons. The third-order valence-electron chi connectivity index (χ3n) is 16.8. The number of benzene rings is 11. The van der Waals surface area contributed by atoms with E-state index in [1.165, 1.54) is 82.8 Å². The van der Waals surface area contributed by atoms with Crippen LogP contribution in [0, 0.1) is 0 Å². The summed E-state index contributed by atoms with van der Waals surface area (Å²) in [6.07, 6.45) is 6.96. The molecule has 1 aliphatic heterocycles. The van der Waals surface area contributed by atoms with Crippen LogP contribution in [0.15, 0.2) is 303 Å². The SMILES string of the molecule is C1=CC2c3ccccc3N(c3ccccc3)C2C(c2cccc(-c3cc(-c4cccc(-c5cccc6c7ccccc7n(-c7ccccc7)c56)c4)cc(-c4cccc(-c5cccc6c7ccccc7n(-c7ccccc7)c56)c4)n3)c2)=C1. The van der Waals surface area contributed by atoms with E-state index in [0.717, 1.165) is 56.1 Å². The maximum atomic E-state index is 5.68. The van der Waals surface area contributed by atoms with Crippen LogP contribution < -0.4 is 4.90 Å². The molecule has 2 unspecified atom stereocenters. The first kappa shape index (κ1) is 46.5. The van der Waals surface area contributed by atoms with Gasteiger partial charge in [0.1, 0.15) is 0 Å². The predicted octanol–water partition coefficient (Wildman–Crippen LogP) is 19.9. The highest BCUT2D eigenvalue weighted by atomic mass is 15.2. The molecule has 4 nitrogen and oxygen atoms in total. The smallest absolute Gasteiger partial charge is 0.0715 e. The molecule has 81 heavy (non-hydrogen) atoms. The molecule has 4 heteroatoms. The Hall–Kier alpha value is -10.6. The van der Waals surface area contributed by atoms with Gasteiger partial charge in [-0.2, -0.15) is 0 Å². The fourth-order valence-electron chi connectivity index (χ4n) is 13.3. The van der Waals surface area contributed by atoms with Crippen LogP contribution in [0.2, 0.25) is 0 Å². The Labute approximate surface area is 470 Å². The van der Waals surface area contributed by atoms with Crippen molar-refractivity contribution in [3.63, 3.8) is 0 Å². The molecule has 2 aliphatic rings. The summed E-state index contributed by atoms with van der Waals surface area (Å²) in [6.45, 7) is 0. The van der Waals surface area contributed by atoms with Crippen LogP contribution in [-0.2, 0) is 0 Å². The van der Waals surface area contributed by atoms with Crippen LogP contribution in [0.5, 0.6) is 0 Å². The van der Waals surface area contributed by atoms with Crippen molar-refractivity contribution in [1.82, 2.24) is 14.1 Å². The zero-order chi connectivity index (χ0) is 53.4. The molecule has 0 bridgehead atoms. The van der Waals surface area contributed by atoms with E-state index in [1.54, 1.807) is 0 Å². The number of anilines is 2. The molecule has 0 saturated heterocycles. The topological polar surface area (TPSA) is 26.0 Å². The molecular weight excluding hydrogens is 981 g/mol. The van der Waals surface area contributed by atoms with Gasteiger partial charge in [0.25, 0.3) is 0 Å². The van der Waals surface area contributed by atoms with Gasteiger partial charge in [-0.3, -0.25) is 0 Å². The lowest BCUT2D eigenvalue weighted by molar-refractivity contribution is 0.761. The Bertz CT molecular complexity index is 4610. The minimum absolute atomic E-state index is 0.0838. The van der Waals surface area contributed by atoms with Gasteiger partial charge in [-0.05, 0) is 124 Å². The van der Waals surface area contributed by atoms with E-state index >= 15 is 0 Å². The molecule has 380 valence electrons. The van der Waals surface area contributed by atoms with Gasteiger partial charge in [-0.25, -0.2) is 4.98 Å². The van der Waals surface area contributed by atoms with Crippen LogP contribution >= 0.6 is 0 Å². The van der Waals surface area contributed by atoms with Crippen molar-refractivity contribution in [3.8, 4) is 67.3 Å². The van der Waals surface area contributed by atoms with Crippen molar-refractivity contribution in [2.45, 2.75) is 12.0 Å². The molecule has 0 fully saturated rings. The molecule has 11 aromatic carbocycles. The Morgan fingerprint density at radius 2 is 0.765 bits per heavy atom. The second kappa shape index (κ2) is 19.1. The molecule has 16 rings (SSSR count). The zero-order valence-corrected chi connectivity index (χ0v) is 44.3. The summed E-state index contributed by atoms with van der Waals surface area (Å²) in [4.78, 5) is 8.22. The van der Waals surface area contributed by atoms with E-state index in [-0.39, 0.29) is 12.0 Å². The normalized spacial score (nSPS) is 14.7. The third-order valence-corrected chi connectivity index (χ3v) is 16.8. The van der Waals surface area contributed by atoms with Crippen molar-refractivity contribution >= 4 is 60.6 Å². The van der Waals surface area contributed by atoms with Crippen molar-refractivity contribution in [2.75, 3.05) is 4.90 Å². The minimum atomic E-state index is 0.0838. The lowest BCUT2D eigenvalue weighted by Gasteiger charge is -2.33. The highest BCUT2D eigenvalue weighted by molar-refractivity contribution is 6.15. The van der Waals surface area contributed by atoms with Gasteiger partial charge in [0.15, 0.2) is 0 Å². The molecule has 3 aromatic heterocycles. The summed E-state index contributed by atoms with van der Waals surface area (Å²) < 4.78 is 4.85. The first-order valence-electron chi connectivity index (χ1n) is 28.0. The Morgan fingerprint density at radius 3 is 1.36 bits per heavy atom. The van der Waals surface area contributed by atoms with E-state index in [2.05, 4.69) is 317 Å². The Kier molecular flexibility index (Phi) is 11.0. The van der Waals surface area contributed by atoms with Crippen LogP contribution in [0.25, 0.3) is 116 Å². The lowest BCUT2D eigenvalue weighted by Crippen LogP contribution is -2.32. The number of rotatable bonds is 9. The fourth-order valence-corrected chi connectivity index (χ4v) is 13.3. The van der Waals surface area contributed by atoms with Crippen LogP contribution in [0.1, 0.15) is 17.0 Å². The first-order valence-corrected chi connectivity index (χ1v) is 28.0. The zero-order valence-electron chi connectivity index (χ0n) is 44.3. The van der Waals surface area contributed by atoms with Crippen molar-refractivity contribution in [3.05, 3.63) is 314 Å². The van der Waals surface area contributed by atoms with Gasteiger partial charge in [0, 0.05) is 72.5 Å². The molecular formula is C77H52N4. The number of aromatic nitrogens is 3. The number of nitrogens with zero attached hydrogens (tertiary/aromatic N) is 4. The van der Waals surface area contributed by atoms with E-state index in [0.29, 0.717) is 0 Å². The molecule has 0 N–H and O–H groups in total. The highest BCUT2D eigenvalue weighted by Gasteiger charge is 2.41. The Balaban J connectivity index is 0.869. The average Bonchev–Trinajstić information content (AvgIpc) is 4.42. The second-order valence-corrected chi connectivity index (χ2v) is 21.4. The summed E-state index contributed by atoms with van der Waals surface area (Å²) in [5, 5.41) is 4.92. The average molecular weight is 1030 g/mol. The number of fused-ring (bicyclic) bond motifs is 9. The number of pyridine rings is 1.